The Labute approximate surface area is 277 Å². The molecule has 0 aliphatic carbocycles. The van der Waals surface area contributed by atoms with E-state index in [1.807, 2.05) is 0 Å². The molecule has 1 fully saturated rings. The summed E-state index contributed by atoms with van der Waals surface area (Å²) in [5.41, 5.74) is 0. The molecule has 45 heavy (non-hydrogen) atoms. The fourth-order valence-electron chi connectivity index (χ4n) is 6.83. The van der Waals surface area contributed by atoms with Crippen molar-refractivity contribution >= 4 is 5.97 Å². The summed E-state index contributed by atoms with van der Waals surface area (Å²) in [5, 5.41) is 40.2. The Bertz CT molecular complexity index is 632. The highest BCUT2D eigenvalue weighted by Crippen LogP contribution is 2.30. The van der Waals surface area contributed by atoms with Crippen LogP contribution in [-0.2, 0) is 14.3 Å². The number of carboxylic acids is 1. The van der Waals surface area contributed by atoms with E-state index in [1.54, 1.807) is 0 Å². The molecule has 5 atom stereocenters. The Morgan fingerprint density at radius 2 is 1.00 bits per heavy atom. The van der Waals surface area contributed by atoms with Crippen molar-refractivity contribution in [3.8, 4) is 0 Å². The first-order valence-electron chi connectivity index (χ1n) is 19.4. The molecule has 7 nitrogen and oxygen atoms in total. The molecule has 0 radical (unpaired) electrons. The van der Waals surface area contributed by atoms with Crippen LogP contribution in [0.15, 0.2) is 0 Å². The van der Waals surface area contributed by atoms with Gasteiger partial charge in [0.05, 0.1) is 25.7 Å². The van der Waals surface area contributed by atoms with Crippen LogP contribution < -0.4 is 0 Å². The van der Waals surface area contributed by atoms with Crippen LogP contribution >= 0.6 is 0 Å². The number of aliphatic carboxylic acids is 1. The van der Waals surface area contributed by atoms with Crippen LogP contribution in [0.5, 0.6) is 0 Å². The van der Waals surface area contributed by atoms with Crippen LogP contribution in [0.25, 0.3) is 0 Å². The van der Waals surface area contributed by atoms with Gasteiger partial charge in [-0.05, 0) is 18.8 Å². The summed E-state index contributed by atoms with van der Waals surface area (Å²) < 4.78 is 11.8. The van der Waals surface area contributed by atoms with Gasteiger partial charge in [0.15, 0.2) is 6.29 Å². The smallest absolute Gasteiger partial charge is 0.303 e. The second-order valence-corrected chi connectivity index (χ2v) is 14.0. The van der Waals surface area contributed by atoms with Gasteiger partial charge in [0.1, 0.15) is 12.2 Å². The van der Waals surface area contributed by atoms with Crippen molar-refractivity contribution in [1.29, 1.82) is 0 Å². The summed E-state index contributed by atoms with van der Waals surface area (Å²) in [7, 11) is 0. The maximum atomic E-state index is 11.3. The van der Waals surface area contributed by atoms with Crippen molar-refractivity contribution in [3.05, 3.63) is 0 Å². The summed E-state index contributed by atoms with van der Waals surface area (Å²) in [6.07, 6.45) is 29.0. The Morgan fingerprint density at radius 3 is 1.36 bits per heavy atom. The second kappa shape index (κ2) is 29.4. The molecule has 268 valence electrons. The minimum Gasteiger partial charge on any atom is -0.481 e. The van der Waals surface area contributed by atoms with E-state index >= 15 is 0 Å². The lowest BCUT2D eigenvalue weighted by Crippen LogP contribution is -2.56. The molecule has 0 unspecified atom stereocenters. The third kappa shape index (κ3) is 21.7. The van der Waals surface area contributed by atoms with Crippen LogP contribution in [0, 0.1) is 11.8 Å². The van der Waals surface area contributed by atoms with Gasteiger partial charge in [0.25, 0.3) is 0 Å². The number of carbonyl (C=O) groups is 1. The van der Waals surface area contributed by atoms with E-state index in [4.69, 9.17) is 9.47 Å². The number of aliphatic hydroxyl groups excluding tert-OH is 3. The predicted molar refractivity (Wildman–Crippen MR) is 184 cm³/mol. The lowest BCUT2D eigenvalue weighted by Gasteiger charge is -2.42. The largest absolute Gasteiger partial charge is 0.481 e. The molecule has 0 aromatic heterocycles. The summed E-state index contributed by atoms with van der Waals surface area (Å²) in [4.78, 5) is 11.3. The van der Waals surface area contributed by atoms with Crippen molar-refractivity contribution < 1.29 is 34.7 Å². The fourth-order valence-corrected chi connectivity index (χ4v) is 6.83. The van der Waals surface area contributed by atoms with Crippen LogP contribution in [0.1, 0.15) is 187 Å². The summed E-state index contributed by atoms with van der Waals surface area (Å²) in [6, 6.07) is 0. The zero-order chi connectivity index (χ0) is 33.0. The number of hydrogen-bond acceptors (Lipinski definition) is 6. The average Bonchev–Trinajstić information content (AvgIpc) is 3.03. The van der Waals surface area contributed by atoms with Gasteiger partial charge in [0.2, 0.25) is 0 Å². The molecule has 7 heteroatoms. The molecule has 1 rings (SSSR count). The molecule has 0 spiro atoms. The molecule has 4 N–H and O–H groups in total. The predicted octanol–water partition coefficient (Wildman–Crippen LogP) is 9.33. The van der Waals surface area contributed by atoms with Gasteiger partial charge in [0, 0.05) is 5.92 Å². The third-order valence-electron chi connectivity index (χ3n) is 9.86. The van der Waals surface area contributed by atoms with Gasteiger partial charge in [-0.3, -0.25) is 4.79 Å². The lowest BCUT2D eigenvalue weighted by atomic mass is 9.86. The SMILES string of the molecule is CCCCCCCCCCCCCCC(CCCCCCCCCCCCCC)CO[C@@H]1O[C@H](CO)[C@H](O)[C@H](CC(=O)O)[C@H]1O. The zero-order valence-corrected chi connectivity index (χ0v) is 29.5. The van der Waals surface area contributed by atoms with Crippen LogP contribution in [0.3, 0.4) is 0 Å². The molecule has 0 bridgehead atoms. The van der Waals surface area contributed by atoms with Crippen LogP contribution in [0.2, 0.25) is 0 Å². The number of rotatable bonds is 32. The van der Waals surface area contributed by atoms with Gasteiger partial charge < -0.3 is 29.9 Å². The summed E-state index contributed by atoms with van der Waals surface area (Å²) >= 11 is 0. The molecule has 1 heterocycles. The second-order valence-electron chi connectivity index (χ2n) is 14.0. The summed E-state index contributed by atoms with van der Waals surface area (Å²) in [6.45, 7) is 4.52. The number of hydrogen-bond donors (Lipinski definition) is 4. The first-order chi connectivity index (χ1) is 21.9. The van der Waals surface area contributed by atoms with Gasteiger partial charge in [-0.2, -0.15) is 0 Å². The normalized spacial score (nSPS) is 22.0. The Hall–Kier alpha value is -0.730. The van der Waals surface area contributed by atoms with Crippen molar-refractivity contribution in [2.24, 2.45) is 11.8 Å². The third-order valence-corrected chi connectivity index (χ3v) is 9.86. The van der Waals surface area contributed by atoms with E-state index in [2.05, 4.69) is 13.8 Å². The highest BCUT2D eigenvalue weighted by molar-refractivity contribution is 5.67. The Balaban J connectivity index is 2.41. The lowest BCUT2D eigenvalue weighted by molar-refractivity contribution is -0.293. The van der Waals surface area contributed by atoms with Crippen LogP contribution in [0.4, 0.5) is 0 Å². The molecule has 1 aliphatic heterocycles. The van der Waals surface area contributed by atoms with Gasteiger partial charge >= 0.3 is 5.97 Å². The van der Waals surface area contributed by atoms with Gasteiger partial charge in [-0.25, -0.2) is 0 Å². The van der Waals surface area contributed by atoms with Crippen molar-refractivity contribution in [3.63, 3.8) is 0 Å². The number of unbranched alkanes of at least 4 members (excludes halogenated alkanes) is 22. The minimum absolute atomic E-state index is 0.351. The number of aliphatic hydroxyl groups is 3. The zero-order valence-electron chi connectivity index (χ0n) is 29.5. The summed E-state index contributed by atoms with van der Waals surface area (Å²) in [5.74, 6) is -1.69. The highest BCUT2D eigenvalue weighted by Gasteiger charge is 2.45. The quantitative estimate of drug-likeness (QED) is 0.0540. The molecule has 0 aromatic rings. The number of carboxylic acid groups (broad SMARTS) is 1. The molecular weight excluding hydrogens is 568 g/mol. The van der Waals surface area contributed by atoms with E-state index < -0.39 is 49.5 Å². The van der Waals surface area contributed by atoms with Gasteiger partial charge in [-0.1, -0.05) is 168 Å². The van der Waals surface area contributed by atoms with Crippen molar-refractivity contribution in [1.82, 2.24) is 0 Å². The monoisotopic (exact) mass is 643 g/mol. The molecule has 1 aliphatic rings. The van der Waals surface area contributed by atoms with E-state index in [0.717, 1.165) is 25.7 Å². The van der Waals surface area contributed by atoms with Crippen LogP contribution in [-0.4, -0.2) is 64.2 Å². The molecule has 0 saturated carbocycles. The average molecular weight is 643 g/mol. The Kier molecular flexibility index (Phi) is 27.6. The highest BCUT2D eigenvalue weighted by atomic mass is 16.7. The minimum atomic E-state index is -1.25. The van der Waals surface area contributed by atoms with E-state index in [0.29, 0.717) is 12.5 Å². The maximum Gasteiger partial charge on any atom is 0.303 e. The fraction of sp³-hybridized carbons (Fsp3) is 0.974. The Morgan fingerprint density at radius 1 is 0.622 bits per heavy atom. The standard InChI is InChI=1S/C38H74O7/c1-3-5-7-9-11-13-15-17-19-21-23-25-27-32(28-26-24-22-20-18-16-14-12-10-8-6-4-2)31-44-38-37(43)33(29-35(40)41)36(42)34(30-39)45-38/h32-34,36-39,42-43H,3-31H2,1-2H3,(H,40,41)/t33-,34+,36+,37+,38+/m0/s1. The molecule has 1 saturated heterocycles. The maximum absolute atomic E-state index is 11.3. The van der Waals surface area contributed by atoms with Gasteiger partial charge in [-0.15, -0.1) is 0 Å². The topological polar surface area (TPSA) is 116 Å². The first kappa shape index (κ1) is 42.3. The van der Waals surface area contributed by atoms with Crippen molar-refractivity contribution in [2.75, 3.05) is 13.2 Å². The first-order valence-corrected chi connectivity index (χ1v) is 19.4. The van der Waals surface area contributed by atoms with E-state index in [-0.39, 0.29) is 0 Å². The van der Waals surface area contributed by atoms with E-state index in [1.165, 1.54) is 141 Å². The molecule has 0 aromatic carbocycles. The number of ether oxygens (including phenoxy) is 2. The van der Waals surface area contributed by atoms with E-state index in [9.17, 15) is 25.2 Å². The molecular formula is C38H74O7. The van der Waals surface area contributed by atoms with Crippen molar-refractivity contribution in [2.45, 2.75) is 212 Å². The molecule has 0 amide bonds.